The van der Waals surface area contributed by atoms with E-state index in [0.29, 0.717) is 12.5 Å². The summed E-state index contributed by atoms with van der Waals surface area (Å²) in [6.07, 6.45) is 13.4. The Morgan fingerprint density at radius 2 is 2.00 bits per heavy atom. The van der Waals surface area contributed by atoms with E-state index >= 15 is 0 Å². The van der Waals surface area contributed by atoms with Crippen molar-refractivity contribution in [3.05, 3.63) is 59.8 Å². The predicted molar refractivity (Wildman–Crippen MR) is 150 cm³/mol. The van der Waals surface area contributed by atoms with E-state index in [9.17, 15) is 4.79 Å². The summed E-state index contributed by atoms with van der Waals surface area (Å²) >= 11 is 0. The first-order chi connectivity index (χ1) is 17.5. The van der Waals surface area contributed by atoms with Gasteiger partial charge in [0.1, 0.15) is 5.84 Å². The summed E-state index contributed by atoms with van der Waals surface area (Å²) in [7, 11) is 0. The van der Waals surface area contributed by atoms with E-state index in [1.165, 1.54) is 50.5 Å². The van der Waals surface area contributed by atoms with Gasteiger partial charge in [-0.05, 0) is 62.5 Å². The molecule has 36 heavy (non-hydrogen) atoms. The first-order valence-electron chi connectivity index (χ1n) is 14.2. The molecular weight excluding hydrogens is 444 g/mol. The molecule has 1 saturated carbocycles. The van der Waals surface area contributed by atoms with E-state index in [1.54, 1.807) is 0 Å². The van der Waals surface area contributed by atoms with Crippen molar-refractivity contribution in [2.24, 2.45) is 22.2 Å². The van der Waals surface area contributed by atoms with Crippen LogP contribution in [0.5, 0.6) is 0 Å². The molecule has 1 aliphatic carbocycles. The van der Waals surface area contributed by atoms with Gasteiger partial charge in [0, 0.05) is 37.3 Å². The van der Waals surface area contributed by atoms with E-state index < -0.39 is 0 Å². The van der Waals surface area contributed by atoms with Crippen LogP contribution >= 0.6 is 0 Å². The van der Waals surface area contributed by atoms with Crippen LogP contribution < -0.4 is 16.0 Å². The number of rotatable bonds is 9. The highest BCUT2D eigenvalue weighted by atomic mass is 16.2. The molecule has 4 rings (SSSR count). The third-order valence-corrected chi connectivity index (χ3v) is 8.95. The summed E-state index contributed by atoms with van der Waals surface area (Å²) in [6, 6.07) is 10.9. The van der Waals surface area contributed by atoms with E-state index in [2.05, 4.69) is 52.9 Å². The van der Waals surface area contributed by atoms with Gasteiger partial charge in [0.15, 0.2) is 0 Å². The van der Waals surface area contributed by atoms with Gasteiger partial charge in [0.25, 0.3) is 0 Å². The fraction of sp³-hybridized carbons (Fsp3) is 0.613. The molecule has 2 fully saturated rings. The number of nitrogens with zero attached hydrogens (tertiary/aromatic N) is 1. The number of amidine groups is 1. The van der Waals surface area contributed by atoms with Gasteiger partial charge in [-0.25, -0.2) is 0 Å². The second-order valence-electron chi connectivity index (χ2n) is 11.2. The Morgan fingerprint density at radius 1 is 1.22 bits per heavy atom. The molecule has 0 bridgehead atoms. The maximum Gasteiger partial charge on any atom is 0.225 e. The van der Waals surface area contributed by atoms with Crippen LogP contribution in [-0.2, 0) is 4.79 Å². The van der Waals surface area contributed by atoms with Crippen LogP contribution in [-0.4, -0.2) is 37.9 Å². The number of carbonyl (C=O) groups excluding carboxylic acids is 1. The standard InChI is InChI=1S/C31H46N4O/c1-4-23(2)35-29-24(3)31(18-20-33-29)22-32-21-28(31)30(36)34-19-17-27(26-13-9-6-10-14-26)16-15-25-11-7-5-8-12-25/h4,6,9-10,13-14,25,27-28,32H,3,5,7-8,11-12,15-22H2,1-2H3,(H,33,35)(H,34,36). The number of benzene rings is 1. The Balaban J connectivity index is 1.36. The zero-order chi connectivity index (χ0) is 25.4. The van der Waals surface area contributed by atoms with Crippen LogP contribution in [0.1, 0.15) is 83.1 Å². The van der Waals surface area contributed by atoms with E-state index in [4.69, 9.17) is 4.99 Å². The van der Waals surface area contributed by atoms with Gasteiger partial charge >= 0.3 is 0 Å². The number of amides is 1. The number of nitrogens with one attached hydrogen (secondary N) is 3. The highest BCUT2D eigenvalue weighted by Crippen LogP contribution is 2.44. The summed E-state index contributed by atoms with van der Waals surface area (Å²) in [5.74, 6) is 2.27. The smallest absolute Gasteiger partial charge is 0.225 e. The minimum absolute atomic E-state index is 0.111. The van der Waals surface area contributed by atoms with Gasteiger partial charge in [0.05, 0.1) is 5.92 Å². The van der Waals surface area contributed by atoms with E-state index in [0.717, 1.165) is 55.5 Å². The Kier molecular flexibility index (Phi) is 9.41. The molecule has 1 saturated heterocycles. The normalized spacial score (nSPS) is 26.1. The van der Waals surface area contributed by atoms with Gasteiger partial charge < -0.3 is 16.0 Å². The quantitative estimate of drug-likeness (QED) is 0.415. The molecule has 3 atom stereocenters. The van der Waals surface area contributed by atoms with Crippen LogP contribution in [0.3, 0.4) is 0 Å². The number of hydrogen-bond acceptors (Lipinski definition) is 4. The molecule has 3 unspecified atom stereocenters. The summed E-state index contributed by atoms with van der Waals surface area (Å²) in [6.45, 7) is 11.4. The molecule has 1 spiro atoms. The molecule has 2 aliphatic heterocycles. The first-order valence-corrected chi connectivity index (χ1v) is 14.2. The average Bonchev–Trinajstić information content (AvgIpc) is 3.34. The maximum atomic E-state index is 13.5. The Morgan fingerprint density at radius 3 is 2.75 bits per heavy atom. The predicted octanol–water partition coefficient (Wildman–Crippen LogP) is 5.71. The molecule has 0 aromatic heterocycles. The van der Waals surface area contributed by atoms with Crippen molar-refractivity contribution >= 4 is 11.7 Å². The second-order valence-corrected chi connectivity index (χ2v) is 11.2. The van der Waals surface area contributed by atoms with Crippen LogP contribution in [0.4, 0.5) is 0 Å². The minimum atomic E-state index is -0.262. The van der Waals surface area contributed by atoms with Crippen molar-refractivity contribution in [3.8, 4) is 0 Å². The Hall–Kier alpha value is -2.40. The Bertz CT molecular complexity index is 947. The molecule has 1 aromatic carbocycles. The van der Waals surface area contributed by atoms with Gasteiger partial charge in [-0.15, -0.1) is 0 Å². The van der Waals surface area contributed by atoms with E-state index in [1.807, 2.05) is 19.9 Å². The van der Waals surface area contributed by atoms with Crippen LogP contribution in [0.25, 0.3) is 0 Å². The van der Waals surface area contributed by atoms with Gasteiger partial charge in [-0.2, -0.15) is 0 Å². The van der Waals surface area contributed by atoms with Crippen molar-refractivity contribution in [3.63, 3.8) is 0 Å². The van der Waals surface area contributed by atoms with Crippen molar-refractivity contribution in [1.82, 2.24) is 16.0 Å². The molecule has 2 heterocycles. The molecule has 5 nitrogen and oxygen atoms in total. The molecule has 0 radical (unpaired) electrons. The third kappa shape index (κ3) is 6.29. The molecule has 1 aromatic rings. The maximum absolute atomic E-state index is 13.5. The lowest BCUT2D eigenvalue weighted by Crippen LogP contribution is -2.48. The van der Waals surface area contributed by atoms with Crippen LogP contribution in [0, 0.1) is 17.3 Å². The monoisotopic (exact) mass is 490 g/mol. The fourth-order valence-corrected chi connectivity index (χ4v) is 6.51. The number of aliphatic imine (C=N–C) groups is 1. The molecule has 196 valence electrons. The number of hydrogen-bond donors (Lipinski definition) is 3. The van der Waals surface area contributed by atoms with Crippen molar-refractivity contribution < 1.29 is 4.79 Å². The number of allylic oxidation sites excluding steroid dienone is 2. The molecule has 3 aliphatic rings. The van der Waals surface area contributed by atoms with E-state index in [-0.39, 0.29) is 17.2 Å². The summed E-state index contributed by atoms with van der Waals surface area (Å²) < 4.78 is 0. The lowest BCUT2D eigenvalue weighted by atomic mass is 9.68. The zero-order valence-corrected chi connectivity index (χ0v) is 22.5. The minimum Gasteiger partial charge on any atom is -0.356 e. The Labute approximate surface area is 218 Å². The average molecular weight is 491 g/mol. The highest BCUT2D eigenvalue weighted by molar-refractivity contribution is 6.01. The van der Waals surface area contributed by atoms with Gasteiger partial charge in [0.2, 0.25) is 5.91 Å². The first kappa shape index (κ1) is 26.7. The zero-order valence-electron chi connectivity index (χ0n) is 22.5. The highest BCUT2D eigenvalue weighted by Gasteiger charge is 2.50. The van der Waals surface area contributed by atoms with Crippen LogP contribution in [0.2, 0.25) is 0 Å². The molecule has 3 N–H and O–H groups in total. The molecule has 5 heteroatoms. The van der Waals surface area contributed by atoms with Crippen LogP contribution in [0.15, 0.2) is 59.2 Å². The van der Waals surface area contributed by atoms with Crippen molar-refractivity contribution in [2.75, 3.05) is 26.2 Å². The molecule has 1 amide bonds. The fourth-order valence-electron chi connectivity index (χ4n) is 6.51. The molecular formula is C31H46N4O. The summed E-state index contributed by atoms with van der Waals surface area (Å²) in [5.41, 5.74) is 3.17. The third-order valence-electron chi connectivity index (χ3n) is 8.95. The summed E-state index contributed by atoms with van der Waals surface area (Å²) in [5, 5.41) is 10.2. The second kappa shape index (κ2) is 12.7. The topological polar surface area (TPSA) is 65.5 Å². The largest absolute Gasteiger partial charge is 0.356 e. The van der Waals surface area contributed by atoms with Crippen molar-refractivity contribution in [1.29, 1.82) is 0 Å². The number of carbonyl (C=O) groups is 1. The lowest BCUT2D eigenvalue weighted by Gasteiger charge is -2.39. The summed E-state index contributed by atoms with van der Waals surface area (Å²) in [4.78, 5) is 18.2. The lowest BCUT2D eigenvalue weighted by molar-refractivity contribution is -0.126. The van der Waals surface area contributed by atoms with Gasteiger partial charge in [-0.3, -0.25) is 9.79 Å². The van der Waals surface area contributed by atoms with Gasteiger partial charge in [-0.1, -0.05) is 75.1 Å². The SMILES string of the molecule is C=C1C(NC(C)=CC)=NCCC12CNCC2C(=O)NCCC(CCC1CCCCC1)c1ccccc1. The van der Waals surface area contributed by atoms with Crippen molar-refractivity contribution in [2.45, 2.75) is 77.6 Å².